The topological polar surface area (TPSA) is 174 Å². The fraction of sp³-hybridized carbons (Fsp3) is 0.486. The Kier molecular flexibility index (Phi) is 12.6. The lowest BCUT2D eigenvalue weighted by Gasteiger charge is -2.25. The van der Waals surface area contributed by atoms with E-state index in [2.05, 4.69) is 21.7 Å². The van der Waals surface area contributed by atoms with E-state index in [4.69, 9.17) is 37.8 Å². The Balaban J connectivity index is 1.09. The average Bonchev–Trinajstić information content (AvgIpc) is 4.04. The van der Waals surface area contributed by atoms with E-state index in [1.807, 2.05) is 42.6 Å². The zero-order valence-electron chi connectivity index (χ0n) is 26.5. The third-order valence-corrected chi connectivity index (χ3v) is 9.39. The summed E-state index contributed by atoms with van der Waals surface area (Å²) in [5.41, 5.74) is 4.33. The Morgan fingerprint density at radius 1 is 0.938 bits per heavy atom. The molecular formula is C35H43Cl2N3O8. The first-order chi connectivity index (χ1) is 23.1. The molecule has 1 heterocycles. The molecule has 7 N–H and O–H groups in total. The Labute approximate surface area is 289 Å². The number of unbranched alkanes of at least 4 members (excludes halogenated alkanes) is 1. The molecule has 4 atom stereocenters. The first kappa shape index (κ1) is 36.3. The average molecular weight is 705 g/mol. The molecule has 5 rings (SSSR count). The van der Waals surface area contributed by atoms with Crippen LogP contribution in [0.2, 0.25) is 10.0 Å². The van der Waals surface area contributed by atoms with Gasteiger partial charge in [0.25, 0.3) is 0 Å². The number of carbonyl (C=O) groups excluding carboxylic acids is 1. The van der Waals surface area contributed by atoms with E-state index in [1.165, 1.54) is 0 Å². The van der Waals surface area contributed by atoms with E-state index in [-0.39, 0.29) is 12.6 Å². The van der Waals surface area contributed by atoms with Crippen LogP contribution in [-0.2, 0) is 23.4 Å². The maximum absolute atomic E-state index is 12.0. The highest BCUT2D eigenvalue weighted by molar-refractivity contribution is 6.34. The first-order valence-corrected chi connectivity index (χ1v) is 17.0. The number of aliphatic hydroxyl groups excluding tert-OH is 5. The van der Waals surface area contributed by atoms with Crippen LogP contribution < -0.4 is 15.4 Å². The Bertz CT molecular complexity index is 1540. The Morgan fingerprint density at radius 2 is 1.65 bits per heavy atom. The van der Waals surface area contributed by atoms with Crippen LogP contribution in [0.3, 0.4) is 0 Å². The maximum Gasteiger partial charge on any atom is 0.314 e. The van der Waals surface area contributed by atoms with E-state index in [1.54, 1.807) is 6.20 Å². The van der Waals surface area contributed by atoms with Gasteiger partial charge in [0.1, 0.15) is 24.1 Å². The van der Waals surface area contributed by atoms with E-state index < -0.39 is 42.7 Å². The lowest BCUT2D eigenvalue weighted by molar-refractivity contribution is -0.113. The van der Waals surface area contributed by atoms with Crippen molar-refractivity contribution in [2.75, 3.05) is 19.7 Å². The van der Waals surface area contributed by atoms with Gasteiger partial charge in [0, 0.05) is 46.7 Å². The zero-order valence-corrected chi connectivity index (χ0v) is 28.0. The van der Waals surface area contributed by atoms with Gasteiger partial charge in [0.05, 0.1) is 31.0 Å². The summed E-state index contributed by atoms with van der Waals surface area (Å²) in [7, 11) is 0. The summed E-state index contributed by atoms with van der Waals surface area (Å²) < 4.78 is 12.8. The molecule has 2 fully saturated rings. The number of amides is 2. The normalized spacial score (nSPS) is 17.6. The van der Waals surface area contributed by atoms with E-state index in [0.717, 1.165) is 65.7 Å². The molecule has 0 bridgehead atoms. The number of hydrogen-bond acceptors (Lipinski definition) is 9. The van der Waals surface area contributed by atoms with Crippen molar-refractivity contribution in [2.24, 2.45) is 0 Å². The molecule has 11 nitrogen and oxygen atoms in total. The van der Waals surface area contributed by atoms with Gasteiger partial charge in [-0.05, 0) is 85.9 Å². The zero-order chi connectivity index (χ0) is 34.3. The lowest BCUT2D eigenvalue weighted by Crippen LogP contribution is -2.50. The summed E-state index contributed by atoms with van der Waals surface area (Å²) in [5, 5.41) is 53.9. The molecule has 0 spiro atoms. The molecular weight excluding hydrogens is 661 g/mol. The van der Waals surface area contributed by atoms with Crippen LogP contribution in [0.5, 0.6) is 5.75 Å². The second kappa shape index (κ2) is 16.6. The van der Waals surface area contributed by atoms with Gasteiger partial charge in [0.2, 0.25) is 0 Å². The van der Waals surface area contributed by atoms with E-state index >= 15 is 0 Å². The number of nitrogens with zero attached hydrogens (tertiary/aromatic N) is 1. The van der Waals surface area contributed by atoms with E-state index in [9.17, 15) is 25.2 Å². The highest BCUT2D eigenvalue weighted by Gasteiger charge is 2.48. The lowest BCUT2D eigenvalue weighted by atomic mass is 9.96. The summed E-state index contributed by atoms with van der Waals surface area (Å²) in [6.07, 6.45) is 3.22. The SMILES string of the molecule is O=C(NCCCCc1cc(Cl)c(COC2(c3cnccc3-c3ccccc3OC3CC3)CC2)cc1Cl)NC[C@H](O)[C@@H](O)[C@H](O)[C@H](O)CO. The molecule has 2 aromatic carbocycles. The van der Waals surface area contributed by atoms with Crippen molar-refractivity contribution in [3.05, 3.63) is 81.6 Å². The number of hydrogen-bond donors (Lipinski definition) is 7. The highest BCUT2D eigenvalue weighted by Crippen LogP contribution is 2.53. The van der Waals surface area contributed by atoms with Gasteiger partial charge in [-0.25, -0.2) is 4.79 Å². The number of aromatic nitrogens is 1. The van der Waals surface area contributed by atoms with Gasteiger partial charge >= 0.3 is 6.03 Å². The van der Waals surface area contributed by atoms with Gasteiger partial charge in [-0.1, -0.05) is 41.4 Å². The van der Waals surface area contributed by atoms with Crippen molar-refractivity contribution in [3.8, 4) is 16.9 Å². The number of aryl methyl sites for hydroxylation is 1. The predicted molar refractivity (Wildman–Crippen MR) is 181 cm³/mol. The monoisotopic (exact) mass is 703 g/mol. The number of aliphatic hydroxyl groups is 5. The van der Waals surface area contributed by atoms with Crippen molar-refractivity contribution in [2.45, 2.75) is 87.7 Å². The second-order valence-electron chi connectivity index (χ2n) is 12.4. The molecule has 0 radical (unpaired) electrons. The van der Waals surface area contributed by atoms with Crippen LogP contribution in [0.15, 0.2) is 54.9 Å². The number of nitrogens with one attached hydrogen (secondary N) is 2. The van der Waals surface area contributed by atoms with Crippen molar-refractivity contribution in [1.29, 1.82) is 0 Å². The molecule has 2 amide bonds. The molecule has 3 aromatic rings. The Morgan fingerprint density at radius 3 is 2.38 bits per heavy atom. The number of halogens is 2. The standard InChI is InChI=1S/C35H43Cl2N3O8/c36-27-16-22(28(37)15-21(27)5-3-4-13-39-34(46)40-18-29(42)32(44)33(45)30(43)19-41)20-47-35(11-12-35)26-17-38-14-10-24(26)25-6-1-2-7-31(25)48-23-8-9-23/h1-2,6-7,10,14-17,23,29-30,32-33,41-45H,3-5,8-9,11-13,18-20H2,(H2,39,40,46)/t29-,30+,32+,33+/m0/s1. The molecule has 0 saturated heterocycles. The molecule has 1 aromatic heterocycles. The molecule has 13 heteroatoms. The molecule has 260 valence electrons. The fourth-order valence-corrected chi connectivity index (χ4v) is 6.01. The molecule has 2 aliphatic carbocycles. The highest BCUT2D eigenvalue weighted by atomic mass is 35.5. The molecule has 0 aliphatic heterocycles. The van der Waals surface area contributed by atoms with Gasteiger partial charge < -0.3 is 45.6 Å². The fourth-order valence-electron chi connectivity index (χ4n) is 5.49. The third kappa shape index (κ3) is 9.36. The number of rotatable bonds is 18. The molecule has 48 heavy (non-hydrogen) atoms. The minimum Gasteiger partial charge on any atom is -0.490 e. The van der Waals surface area contributed by atoms with Crippen LogP contribution in [0.25, 0.3) is 11.1 Å². The molecule has 2 aliphatic rings. The summed E-state index contributed by atoms with van der Waals surface area (Å²) >= 11 is 13.3. The minimum atomic E-state index is -1.76. The molecule has 2 saturated carbocycles. The van der Waals surface area contributed by atoms with Crippen LogP contribution in [0.1, 0.15) is 55.2 Å². The maximum atomic E-state index is 12.0. The number of carbonyl (C=O) groups is 1. The third-order valence-electron chi connectivity index (χ3n) is 8.69. The predicted octanol–water partition coefficient (Wildman–Crippen LogP) is 3.86. The van der Waals surface area contributed by atoms with Crippen LogP contribution in [-0.4, -0.2) is 86.8 Å². The largest absolute Gasteiger partial charge is 0.490 e. The summed E-state index contributed by atoms with van der Waals surface area (Å²) in [6.45, 7) is -0.501. The summed E-state index contributed by atoms with van der Waals surface area (Å²) in [5.74, 6) is 0.873. The van der Waals surface area contributed by atoms with Crippen molar-refractivity contribution < 1.29 is 39.8 Å². The molecule has 0 unspecified atom stereocenters. The van der Waals surface area contributed by atoms with Gasteiger partial charge in [0.15, 0.2) is 0 Å². The number of para-hydroxylation sites is 1. The van der Waals surface area contributed by atoms with Crippen LogP contribution in [0.4, 0.5) is 4.79 Å². The van der Waals surface area contributed by atoms with Crippen LogP contribution in [0, 0.1) is 0 Å². The summed E-state index contributed by atoms with van der Waals surface area (Å²) in [4.78, 5) is 16.5. The first-order valence-electron chi connectivity index (χ1n) is 16.3. The van der Waals surface area contributed by atoms with Gasteiger partial charge in [-0.15, -0.1) is 0 Å². The number of pyridine rings is 1. The number of benzene rings is 2. The van der Waals surface area contributed by atoms with Gasteiger partial charge in [-0.2, -0.15) is 0 Å². The number of urea groups is 1. The van der Waals surface area contributed by atoms with Crippen molar-refractivity contribution in [1.82, 2.24) is 15.6 Å². The number of ether oxygens (including phenoxy) is 2. The van der Waals surface area contributed by atoms with Gasteiger partial charge in [-0.3, -0.25) is 4.98 Å². The van der Waals surface area contributed by atoms with Crippen molar-refractivity contribution in [3.63, 3.8) is 0 Å². The quantitative estimate of drug-likeness (QED) is 0.0971. The van der Waals surface area contributed by atoms with Crippen molar-refractivity contribution >= 4 is 29.2 Å². The minimum absolute atomic E-state index is 0.284. The smallest absolute Gasteiger partial charge is 0.314 e. The second-order valence-corrected chi connectivity index (χ2v) is 13.3. The van der Waals surface area contributed by atoms with E-state index in [0.29, 0.717) is 36.0 Å². The summed E-state index contributed by atoms with van der Waals surface area (Å²) in [6, 6.07) is 13.3. The van der Waals surface area contributed by atoms with Crippen LogP contribution >= 0.6 is 23.2 Å². The Hall–Kier alpha value is -3.00.